The third kappa shape index (κ3) is 2.39. The van der Waals surface area contributed by atoms with Crippen LogP contribution in [0.3, 0.4) is 0 Å². The summed E-state index contributed by atoms with van der Waals surface area (Å²) in [5, 5.41) is 0.767. The largest absolute Gasteiger partial charge is 0.333 e. The van der Waals surface area contributed by atoms with Gasteiger partial charge in [-0.05, 0) is 18.6 Å². The second kappa shape index (κ2) is 4.57. The summed E-state index contributed by atoms with van der Waals surface area (Å²) in [6.45, 7) is 2.51. The third-order valence-corrected chi connectivity index (χ3v) is 4.01. The summed E-state index contributed by atoms with van der Waals surface area (Å²) in [5.74, 6) is -2.20. The van der Waals surface area contributed by atoms with E-state index in [9.17, 15) is 18.0 Å². The molecule has 1 N–H and O–H groups in total. The van der Waals surface area contributed by atoms with Crippen molar-refractivity contribution in [3.63, 3.8) is 0 Å². The van der Waals surface area contributed by atoms with Crippen LogP contribution in [0.5, 0.6) is 0 Å². The Balaban J connectivity index is 2.56. The van der Waals surface area contributed by atoms with E-state index in [2.05, 4.69) is 0 Å². The van der Waals surface area contributed by atoms with E-state index in [0.29, 0.717) is 11.3 Å². The summed E-state index contributed by atoms with van der Waals surface area (Å²) in [4.78, 5) is 28.3. The maximum absolute atomic E-state index is 12.4. The topological polar surface area (TPSA) is 101 Å². The number of nitrogens with zero attached hydrogens (tertiary/aromatic N) is 1. The number of carbonyl (C=O) groups is 2. The van der Waals surface area contributed by atoms with Gasteiger partial charge in [0.1, 0.15) is 0 Å². The molecule has 0 fully saturated rings. The second-order valence-corrected chi connectivity index (χ2v) is 6.21. The Bertz CT molecular complexity index is 683. The lowest BCUT2D eigenvalue weighted by atomic mass is 9.86. The van der Waals surface area contributed by atoms with E-state index in [1.807, 2.05) is 0 Å². The lowest BCUT2D eigenvalue weighted by Crippen LogP contribution is -2.43. The van der Waals surface area contributed by atoms with Crippen molar-refractivity contribution < 1.29 is 27.4 Å². The molecule has 1 atom stereocenters. The fourth-order valence-electron chi connectivity index (χ4n) is 2.29. The lowest BCUT2D eigenvalue weighted by Gasteiger charge is -2.21. The molecular weight excluding hydrogens is 286 g/mol. The minimum atomic E-state index is -4.38. The summed E-state index contributed by atoms with van der Waals surface area (Å²) in [7, 11) is -4.38. The molecular formula is C12H13NO6S. The molecule has 8 heteroatoms. The maximum Gasteiger partial charge on any atom is 0.330 e. The van der Waals surface area contributed by atoms with E-state index < -0.39 is 33.2 Å². The normalized spacial score (nSPS) is 21.8. The molecule has 1 heterocycles. The zero-order chi connectivity index (χ0) is 15.1. The molecule has 0 saturated heterocycles. The number of hydrogen-bond acceptors (Lipinski definition) is 5. The zero-order valence-corrected chi connectivity index (χ0v) is 11.7. The van der Waals surface area contributed by atoms with E-state index in [4.69, 9.17) is 9.39 Å². The molecule has 1 amide bonds. The van der Waals surface area contributed by atoms with Gasteiger partial charge < -0.3 is 4.84 Å². The van der Waals surface area contributed by atoms with Gasteiger partial charge in [0, 0.05) is 6.92 Å². The van der Waals surface area contributed by atoms with Gasteiger partial charge in [-0.3, -0.25) is 9.35 Å². The first kappa shape index (κ1) is 14.5. The zero-order valence-electron chi connectivity index (χ0n) is 10.9. The molecule has 0 saturated carbocycles. The Kier molecular flexibility index (Phi) is 3.31. The third-order valence-electron chi connectivity index (χ3n) is 3.06. The number of benzene rings is 1. The molecule has 1 aliphatic heterocycles. The van der Waals surface area contributed by atoms with E-state index in [1.54, 1.807) is 18.2 Å². The number of anilines is 1. The number of hydroxylamine groups is 1. The molecule has 108 valence electrons. The van der Waals surface area contributed by atoms with Gasteiger partial charge >= 0.3 is 5.97 Å². The van der Waals surface area contributed by atoms with E-state index >= 15 is 0 Å². The number of carbonyl (C=O) groups excluding carboxylic acids is 2. The molecule has 20 heavy (non-hydrogen) atoms. The molecule has 1 aromatic rings. The van der Waals surface area contributed by atoms with Crippen molar-refractivity contribution in [3.8, 4) is 0 Å². The van der Waals surface area contributed by atoms with Crippen molar-refractivity contribution in [2.45, 2.75) is 19.3 Å². The average Bonchev–Trinajstić information content (AvgIpc) is 2.50. The van der Waals surface area contributed by atoms with E-state index in [1.165, 1.54) is 13.0 Å². The monoisotopic (exact) mass is 299 g/mol. The molecule has 0 aliphatic carbocycles. The van der Waals surface area contributed by atoms with E-state index in [0.717, 1.165) is 12.0 Å². The Hall–Kier alpha value is -1.93. The highest BCUT2D eigenvalue weighted by Crippen LogP contribution is 2.42. The minimum absolute atomic E-state index is 0.291. The number of rotatable bonds is 3. The van der Waals surface area contributed by atoms with Crippen molar-refractivity contribution >= 4 is 27.7 Å². The molecule has 7 nitrogen and oxygen atoms in total. The van der Waals surface area contributed by atoms with Crippen LogP contribution in [0.2, 0.25) is 0 Å². The summed E-state index contributed by atoms with van der Waals surface area (Å²) < 4.78 is 31.4. The number of hydrogen-bond donors (Lipinski definition) is 1. The molecule has 0 radical (unpaired) electrons. The highest BCUT2D eigenvalue weighted by atomic mass is 32.2. The van der Waals surface area contributed by atoms with Crippen molar-refractivity contribution in [1.82, 2.24) is 0 Å². The fraction of sp³-hybridized carbons (Fsp3) is 0.333. The van der Waals surface area contributed by atoms with Crippen LogP contribution < -0.4 is 5.06 Å². The number of amides is 1. The van der Waals surface area contributed by atoms with E-state index in [-0.39, 0.29) is 0 Å². The molecule has 2 rings (SSSR count). The Morgan fingerprint density at radius 1 is 1.40 bits per heavy atom. The summed E-state index contributed by atoms with van der Waals surface area (Å²) in [6, 6.07) is 6.35. The van der Waals surface area contributed by atoms with Crippen LogP contribution in [0.15, 0.2) is 24.3 Å². The van der Waals surface area contributed by atoms with Gasteiger partial charge in [-0.1, -0.05) is 18.2 Å². The number of para-hydroxylation sites is 1. The summed E-state index contributed by atoms with van der Waals surface area (Å²) in [5.41, 5.74) is -0.831. The van der Waals surface area contributed by atoms with Crippen LogP contribution >= 0.6 is 0 Å². The van der Waals surface area contributed by atoms with Crippen LogP contribution in [0.25, 0.3) is 0 Å². The van der Waals surface area contributed by atoms with Crippen molar-refractivity contribution in [1.29, 1.82) is 0 Å². The SMILES string of the molecule is CC(=O)ON1C(=O)C(C)(CS(=O)(=O)O)c2ccccc21. The highest BCUT2D eigenvalue weighted by Gasteiger charge is 2.51. The molecule has 1 aromatic carbocycles. The Morgan fingerprint density at radius 3 is 2.55 bits per heavy atom. The lowest BCUT2D eigenvalue weighted by molar-refractivity contribution is -0.148. The van der Waals surface area contributed by atoms with Gasteiger partial charge in [0.25, 0.3) is 16.0 Å². The van der Waals surface area contributed by atoms with Gasteiger partial charge in [-0.2, -0.15) is 8.42 Å². The smallest absolute Gasteiger partial charge is 0.330 e. The first-order valence-electron chi connectivity index (χ1n) is 5.73. The molecule has 1 aliphatic rings. The fourth-order valence-corrected chi connectivity index (χ4v) is 3.30. The first-order chi connectivity index (χ1) is 9.15. The number of fused-ring (bicyclic) bond motifs is 1. The van der Waals surface area contributed by atoms with Crippen molar-refractivity contribution in [2.24, 2.45) is 0 Å². The quantitative estimate of drug-likeness (QED) is 0.823. The maximum atomic E-state index is 12.4. The molecule has 1 unspecified atom stereocenters. The Labute approximate surface area is 115 Å². The first-order valence-corrected chi connectivity index (χ1v) is 7.34. The molecule has 0 spiro atoms. The van der Waals surface area contributed by atoms with Crippen LogP contribution in [0.4, 0.5) is 5.69 Å². The van der Waals surface area contributed by atoms with Gasteiger partial charge in [-0.15, -0.1) is 5.06 Å². The van der Waals surface area contributed by atoms with Gasteiger partial charge in [0.15, 0.2) is 0 Å². The molecule has 0 bridgehead atoms. The summed E-state index contributed by atoms with van der Waals surface area (Å²) >= 11 is 0. The second-order valence-electron chi connectivity index (χ2n) is 4.76. The average molecular weight is 299 g/mol. The predicted octanol–water partition coefficient (Wildman–Crippen LogP) is 0.657. The van der Waals surface area contributed by atoms with Crippen molar-refractivity contribution in [2.75, 3.05) is 10.8 Å². The Morgan fingerprint density at radius 2 is 2.00 bits per heavy atom. The van der Waals surface area contributed by atoms with Crippen LogP contribution in [-0.2, 0) is 30.0 Å². The van der Waals surface area contributed by atoms with Crippen LogP contribution in [0, 0.1) is 0 Å². The van der Waals surface area contributed by atoms with Gasteiger partial charge in [0.2, 0.25) is 0 Å². The van der Waals surface area contributed by atoms with Gasteiger partial charge in [-0.25, -0.2) is 4.79 Å². The highest BCUT2D eigenvalue weighted by molar-refractivity contribution is 7.85. The standard InChI is InChI=1S/C12H13NO6S/c1-8(14)19-13-10-6-4-3-5-9(10)12(2,11(13)15)7-20(16,17)18/h3-6H,7H2,1-2H3,(H,16,17,18). The minimum Gasteiger partial charge on any atom is -0.333 e. The van der Waals surface area contributed by atoms with Crippen LogP contribution in [-0.4, -0.2) is 30.6 Å². The predicted molar refractivity (Wildman–Crippen MR) is 69.5 cm³/mol. The molecule has 0 aromatic heterocycles. The van der Waals surface area contributed by atoms with Crippen LogP contribution in [0.1, 0.15) is 19.4 Å². The summed E-state index contributed by atoms with van der Waals surface area (Å²) in [6.07, 6.45) is 0. The van der Waals surface area contributed by atoms with Gasteiger partial charge in [0.05, 0.1) is 16.9 Å². The van der Waals surface area contributed by atoms with Crippen molar-refractivity contribution in [3.05, 3.63) is 29.8 Å².